The Morgan fingerprint density at radius 3 is 1.95 bits per heavy atom. The molecule has 1 N–H and O–H groups in total. The number of rotatable bonds is 2. The van der Waals surface area contributed by atoms with E-state index in [1.807, 2.05) is 20.8 Å². The van der Waals surface area contributed by atoms with E-state index in [2.05, 4.69) is 15.5 Å². The SMILES string of the molecule is CC(C)(C)NC(=O)c1ccc(C2(C(F)(F)F)N=N2)cc1. The van der Waals surface area contributed by atoms with Crippen LogP contribution in [0.2, 0.25) is 0 Å². The first-order chi connectivity index (χ1) is 9.05. The van der Waals surface area contributed by atoms with Crippen molar-refractivity contribution in [2.75, 3.05) is 0 Å². The Hall–Kier alpha value is -1.92. The Morgan fingerprint density at radius 2 is 1.60 bits per heavy atom. The highest BCUT2D eigenvalue weighted by Crippen LogP contribution is 2.52. The van der Waals surface area contributed by atoms with Gasteiger partial charge in [0.15, 0.2) is 0 Å². The van der Waals surface area contributed by atoms with Crippen molar-refractivity contribution in [3.05, 3.63) is 35.4 Å². The molecule has 0 unspecified atom stereocenters. The van der Waals surface area contributed by atoms with Crippen LogP contribution in [-0.4, -0.2) is 17.6 Å². The van der Waals surface area contributed by atoms with Crippen LogP contribution < -0.4 is 5.32 Å². The number of nitrogens with one attached hydrogen (secondary N) is 1. The third-order valence-corrected chi connectivity index (χ3v) is 2.73. The van der Waals surface area contributed by atoms with Crippen molar-refractivity contribution in [1.82, 2.24) is 5.32 Å². The van der Waals surface area contributed by atoms with E-state index in [9.17, 15) is 18.0 Å². The Balaban J connectivity index is 2.18. The molecule has 4 nitrogen and oxygen atoms in total. The van der Waals surface area contributed by atoms with Crippen molar-refractivity contribution in [3.63, 3.8) is 0 Å². The van der Waals surface area contributed by atoms with Crippen LogP contribution >= 0.6 is 0 Å². The van der Waals surface area contributed by atoms with Gasteiger partial charge in [-0.05, 0) is 32.9 Å². The van der Waals surface area contributed by atoms with Gasteiger partial charge in [0, 0.05) is 16.7 Å². The number of hydrogen-bond acceptors (Lipinski definition) is 3. The smallest absolute Gasteiger partial charge is 0.347 e. The number of carbonyl (C=O) groups excluding carboxylic acids is 1. The second-order valence-corrected chi connectivity index (χ2v) is 5.65. The zero-order chi connectivity index (χ0) is 15.2. The third kappa shape index (κ3) is 2.66. The van der Waals surface area contributed by atoms with Crippen LogP contribution in [0.4, 0.5) is 13.2 Å². The molecule has 2 rings (SSSR count). The second kappa shape index (κ2) is 4.29. The van der Waals surface area contributed by atoms with Crippen LogP contribution in [-0.2, 0) is 5.66 Å². The molecular weight excluding hydrogens is 271 g/mol. The zero-order valence-corrected chi connectivity index (χ0v) is 11.2. The highest BCUT2D eigenvalue weighted by atomic mass is 19.4. The molecule has 0 aliphatic carbocycles. The van der Waals surface area contributed by atoms with Crippen LogP contribution in [0.3, 0.4) is 0 Å². The van der Waals surface area contributed by atoms with Gasteiger partial charge in [-0.3, -0.25) is 4.79 Å². The lowest BCUT2D eigenvalue weighted by molar-refractivity contribution is -0.166. The Kier molecular flexibility index (Phi) is 3.11. The minimum absolute atomic E-state index is 0.0858. The van der Waals surface area contributed by atoms with Gasteiger partial charge in [-0.2, -0.15) is 13.2 Å². The van der Waals surface area contributed by atoms with Crippen LogP contribution in [0.5, 0.6) is 0 Å². The maximum absolute atomic E-state index is 12.8. The number of benzene rings is 1. The van der Waals surface area contributed by atoms with Gasteiger partial charge >= 0.3 is 11.8 Å². The lowest BCUT2D eigenvalue weighted by atomic mass is 10.0. The summed E-state index contributed by atoms with van der Waals surface area (Å²) >= 11 is 0. The predicted octanol–water partition coefficient (Wildman–Crippen LogP) is 3.40. The number of carbonyl (C=O) groups is 1. The van der Waals surface area contributed by atoms with Gasteiger partial charge in [0.1, 0.15) is 0 Å². The van der Waals surface area contributed by atoms with Crippen molar-refractivity contribution in [2.24, 2.45) is 10.2 Å². The van der Waals surface area contributed by atoms with Crippen molar-refractivity contribution >= 4 is 5.91 Å². The average Bonchev–Trinajstić information content (AvgIpc) is 3.07. The van der Waals surface area contributed by atoms with E-state index >= 15 is 0 Å². The van der Waals surface area contributed by atoms with Crippen LogP contribution in [0.15, 0.2) is 34.5 Å². The molecule has 0 aromatic heterocycles. The normalized spacial score (nSPS) is 16.9. The summed E-state index contributed by atoms with van der Waals surface area (Å²) in [5, 5.41) is 8.95. The summed E-state index contributed by atoms with van der Waals surface area (Å²) in [5.74, 6) is -0.338. The van der Waals surface area contributed by atoms with E-state index in [-0.39, 0.29) is 11.5 Å². The lowest BCUT2D eigenvalue weighted by Gasteiger charge is -2.20. The minimum atomic E-state index is -4.55. The fourth-order valence-electron chi connectivity index (χ4n) is 1.71. The number of nitrogens with zero attached hydrogens (tertiary/aromatic N) is 2. The van der Waals surface area contributed by atoms with E-state index in [0.717, 1.165) is 0 Å². The molecule has 0 atom stereocenters. The molecule has 0 spiro atoms. The Labute approximate surface area is 114 Å². The molecule has 1 aliphatic heterocycles. The first-order valence-corrected chi connectivity index (χ1v) is 5.99. The zero-order valence-electron chi connectivity index (χ0n) is 11.2. The van der Waals surface area contributed by atoms with Crippen LogP contribution in [0, 0.1) is 0 Å². The standard InChI is InChI=1S/C13H14F3N3O/c1-11(2,3)17-10(20)8-4-6-9(7-5-8)12(18-19-12)13(14,15)16/h4-7H,1-3H3,(H,17,20). The Bertz CT molecular complexity index is 550. The third-order valence-electron chi connectivity index (χ3n) is 2.73. The first kappa shape index (κ1) is 14.5. The van der Waals surface area contributed by atoms with Gasteiger partial charge in [0.25, 0.3) is 5.91 Å². The van der Waals surface area contributed by atoms with E-state index in [1.165, 1.54) is 24.3 Å². The van der Waals surface area contributed by atoms with Gasteiger partial charge in [-0.1, -0.05) is 12.1 Å². The van der Waals surface area contributed by atoms with Crippen molar-refractivity contribution < 1.29 is 18.0 Å². The maximum atomic E-state index is 12.8. The number of amides is 1. The summed E-state index contributed by atoms with van der Waals surface area (Å²) in [6, 6.07) is 5.14. The van der Waals surface area contributed by atoms with Crippen LogP contribution in [0.25, 0.3) is 0 Å². The number of halogens is 3. The molecule has 108 valence electrons. The van der Waals surface area contributed by atoms with Crippen molar-refractivity contribution in [3.8, 4) is 0 Å². The largest absolute Gasteiger partial charge is 0.442 e. The molecule has 0 saturated carbocycles. The number of alkyl halides is 3. The van der Waals surface area contributed by atoms with Gasteiger partial charge in [0.05, 0.1) is 0 Å². The molecule has 1 aromatic rings. The van der Waals surface area contributed by atoms with Gasteiger partial charge < -0.3 is 5.32 Å². The first-order valence-electron chi connectivity index (χ1n) is 5.99. The monoisotopic (exact) mass is 285 g/mol. The van der Waals surface area contributed by atoms with Gasteiger partial charge in [0.2, 0.25) is 0 Å². The van der Waals surface area contributed by atoms with Crippen LogP contribution in [0.1, 0.15) is 36.7 Å². The molecule has 0 fully saturated rings. The molecule has 0 radical (unpaired) electrons. The Morgan fingerprint density at radius 1 is 1.10 bits per heavy atom. The van der Waals surface area contributed by atoms with Crippen molar-refractivity contribution in [2.45, 2.75) is 38.1 Å². The summed E-state index contributed by atoms with van der Waals surface area (Å²) in [4.78, 5) is 11.9. The molecule has 1 amide bonds. The van der Waals surface area contributed by atoms with E-state index in [1.54, 1.807) is 0 Å². The van der Waals surface area contributed by atoms with E-state index in [0.29, 0.717) is 5.56 Å². The molecule has 20 heavy (non-hydrogen) atoms. The summed E-state index contributed by atoms with van der Waals surface area (Å²) in [6.07, 6.45) is -4.55. The molecule has 1 aliphatic rings. The maximum Gasteiger partial charge on any atom is 0.442 e. The topological polar surface area (TPSA) is 53.8 Å². The van der Waals surface area contributed by atoms with Crippen molar-refractivity contribution in [1.29, 1.82) is 0 Å². The molecular formula is C13H14F3N3O. The minimum Gasteiger partial charge on any atom is -0.347 e. The fourth-order valence-corrected chi connectivity index (χ4v) is 1.71. The second-order valence-electron chi connectivity index (χ2n) is 5.65. The summed E-state index contributed by atoms with van der Waals surface area (Å²) in [7, 11) is 0. The molecule has 1 heterocycles. The quantitative estimate of drug-likeness (QED) is 0.889. The molecule has 1 aromatic carbocycles. The van der Waals surface area contributed by atoms with Gasteiger partial charge in [-0.15, -0.1) is 10.2 Å². The average molecular weight is 285 g/mol. The summed E-state index contributed by atoms with van der Waals surface area (Å²) < 4.78 is 38.4. The van der Waals surface area contributed by atoms with E-state index < -0.39 is 17.4 Å². The molecule has 0 saturated heterocycles. The molecule has 7 heteroatoms. The fraction of sp³-hybridized carbons (Fsp3) is 0.462. The van der Waals surface area contributed by atoms with Gasteiger partial charge in [-0.25, -0.2) is 0 Å². The predicted molar refractivity (Wildman–Crippen MR) is 66.3 cm³/mol. The summed E-state index contributed by atoms with van der Waals surface area (Å²) in [5.41, 5.74) is -2.64. The summed E-state index contributed by atoms with van der Waals surface area (Å²) in [6.45, 7) is 5.46. The highest BCUT2D eigenvalue weighted by molar-refractivity contribution is 5.94. The highest BCUT2D eigenvalue weighted by Gasteiger charge is 2.65. The molecule has 0 bridgehead atoms. The van der Waals surface area contributed by atoms with E-state index in [4.69, 9.17) is 0 Å². The lowest BCUT2D eigenvalue weighted by Crippen LogP contribution is -2.40. The number of hydrogen-bond donors (Lipinski definition) is 1.